The lowest BCUT2D eigenvalue weighted by Crippen LogP contribution is -2.28. The summed E-state index contributed by atoms with van der Waals surface area (Å²) >= 11 is 1.58. The molecule has 5 nitrogen and oxygen atoms in total. The molecule has 1 heterocycles. The number of aryl methyl sites for hydroxylation is 1. The zero-order chi connectivity index (χ0) is 18.0. The minimum atomic E-state index is -0.173. The third-order valence-electron chi connectivity index (χ3n) is 4.22. The first-order valence-electron chi connectivity index (χ1n) is 8.24. The lowest BCUT2D eigenvalue weighted by molar-refractivity contribution is -0.115. The Morgan fingerprint density at radius 1 is 1.44 bits per heavy atom. The van der Waals surface area contributed by atoms with Crippen molar-refractivity contribution in [3.05, 3.63) is 52.5 Å². The van der Waals surface area contributed by atoms with Crippen LogP contribution in [0.5, 0.6) is 0 Å². The quantitative estimate of drug-likeness (QED) is 0.797. The molecule has 0 radical (unpaired) electrons. The minimum absolute atomic E-state index is 0.139. The maximum Gasteiger partial charge on any atom is 0.250 e. The van der Waals surface area contributed by atoms with Crippen LogP contribution in [0.25, 0.3) is 0 Å². The normalized spacial score (nSPS) is 13.4. The molecule has 1 aromatic carbocycles. The van der Waals surface area contributed by atoms with Crippen molar-refractivity contribution in [3.8, 4) is 0 Å². The van der Waals surface area contributed by atoms with Gasteiger partial charge in [-0.3, -0.25) is 9.59 Å². The van der Waals surface area contributed by atoms with Crippen molar-refractivity contribution in [2.24, 2.45) is 0 Å². The monoisotopic (exact) mass is 355 g/mol. The molecule has 2 amide bonds. The van der Waals surface area contributed by atoms with Crippen LogP contribution in [0.4, 0.5) is 11.4 Å². The molecule has 1 aliphatic carbocycles. The Balaban J connectivity index is 1.93. The van der Waals surface area contributed by atoms with Gasteiger partial charge >= 0.3 is 0 Å². The van der Waals surface area contributed by atoms with Crippen molar-refractivity contribution in [2.45, 2.75) is 39.2 Å². The molecule has 1 fully saturated rings. The van der Waals surface area contributed by atoms with Gasteiger partial charge in [0.15, 0.2) is 0 Å². The number of thiazole rings is 1. The summed E-state index contributed by atoms with van der Waals surface area (Å²) in [4.78, 5) is 31.1. The van der Waals surface area contributed by atoms with E-state index < -0.39 is 0 Å². The number of aromatic nitrogens is 1. The molecule has 0 unspecified atom stereocenters. The van der Waals surface area contributed by atoms with Gasteiger partial charge in [-0.25, -0.2) is 4.98 Å². The highest BCUT2D eigenvalue weighted by atomic mass is 32.1. The zero-order valence-corrected chi connectivity index (χ0v) is 15.2. The van der Waals surface area contributed by atoms with Crippen molar-refractivity contribution in [2.75, 3.05) is 10.2 Å². The van der Waals surface area contributed by atoms with Gasteiger partial charge < -0.3 is 10.2 Å². The van der Waals surface area contributed by atoms with Gasteiger partial charge in [-0.2, -0.15) is 0 Å². The Labute approximate surface area is 151 Å². The molecule has 0 aliphatic heterocycles. The summed E-state index contributed by atoms with van der Waals surface area (Å²) in [5.74, 6) is 0.225. The van der Waals surface area contributed by atoms with E-state index in [1.165, 1.54) is 25.8 Å². The summed E-state index contributed by atoms with van der Waals surface area (Å²) in [6, 6.07) is 5.62. The number of hydrogen-bond acceptors (Lipinski definition) is 4. The number of anilines is 2. The fraction of sp³-hybridized carbons (Fsp3) is 0.316. The largest absolute Gasteiger partial charge is 0.326 e. The molecule has 6 heteroatoms. The summed E-state index contributed by atoms with van der Waals surface area (Å²) in [6.45, 7) is 7.47. The summed E-state index contributed by atoms with van der Waals surface area (Å²) in [5, 5.41) is 2.81. The van der Waals surface area contributed by atoms with Gasteiger partial charge in [-0.15, -0.1) is 11.3 Å². The van der Waals surface area contributed by atoms with Gasteiger partial charge in [0.25, 0.3) is 5.91 Å². The summed E-state index contributed by atoms with van der Waals surface area (Å²) in [7, 11) is 0. The van der Waals surface area contributed by atoms with Crippen LogP contribution < -0.4 is 10.2 Å². The van der Waals surface area contributed by atoms with E-state index in [1.807, 2.05) is 30.6 Å². The van der Waals surface area contributed by atoms with Crippen LogP contribution in [0, 0.1) is 6.92 Å². The number of hydrogen-bond donors (Lipinski definition) is 1. The fourth-order valence-electron chi connectivity index (χ4n) is 2.74. The summed E-state index contributed by atoms with van der Waals surface area (Å²) in [5.41, 5.74) is 5.34. The van der Waals surface area contributed by atoms with Gasteiger partial charge in [-0.1, -0.05) is 12.6 Å². The summed E-state index contributed by atoms with van der Waals surface area (Å²) < 4.78 is 0. The third kappa shape index (κ3) is 3.96. The van der Waals surface area contributed by atoms with Crippen LogP contribution in [-0.4, -0.2) is 16.8 Å². The molecule has 2 aromatic rings. The fourth-order valence-corrected chi connectivity index (χ4v) is 3.58. The highest BCUT2D eigenvalue weighted by molar-refractivity contribution is 7.09. The number of carbonyl (C=O) groups is 2. The topological polar surface area (TPSA) is 62.3 Å². The van der Waals surface area contributed by atoms with Gasteiger partial charge in [0, 0.05) is 29.1 Å². The summed E-state index contributed by atoms with van der Waals surface area (Å²) in [6.07, 6.45) is 3.66. The van der Waals surface area contributed by atoms with E-state index in [9.17, 15) is 9.59 Å². The van der Waals surface area contributed by atoms with Crippen LogP contribution in [0.15, 0.2) is 36.4 Å². The second-order valence-electron chi connectivity index (χ2n) is 6.24. The maximum atomic E-state index is 12.5. The molecule has 1 N–H and O–H groups in total. The standard InChI is InChI=1S/C19H21N3O2S/c1-4-18(24)22(10-17-19(14-6-7-14)20-11-25-17)15-8-5-12(2)16(9-15)21-13(3)23/h4-5,8-9,11,14H,1,6-7,10H2,2-3H3,(H,21,23). The Hall–Kier alpha value is -2.47. The number of benzene rings is 1. The SMILES string of the molecule is C=CC(=O)N(Cc1scnc1C1CC1)c1ccc(C)c(NC(C)=O)c1. The Bertz CT molecular complexity index is 824. The van der Waals surface area contributed by atoms with Crippen LogP contribution in [-0.2, 0) is 16.1 Å². The van der Waals surface area contributed by atoms with Crippen LogP contribution >= 0.6 is 11.3 Å². The first-order valence-corrected chi connectivity index (χ1v) is 9.12. The Morgan fingerprint density at radius 3 is 2.84 bits per heavy atom. The number of carbonyl (C=O) groups excluding carboxylic acids is 2. The molecule has 0 saturated heterocycles. The van der Waals surface area contributed by atoms with E-state index >= 15 is 0 Å². The molecule has 130 valence electrons. The first-order chi connectivity index (χ1) is 12.0. The number of nitrogens with one attached hydrogen (secondary N) is 1. The van der Waals surface area contributed by atoms with E-state index in [2.05, 4.69) is 16.9 Å². The number of nitrogens with zero attached hydrogens (tertiary/aromatic N) is 2. The Kier molecular flexibility index (Phi) is 4.99. The van der Waals surface area contributed by atoms with Crippen molar-refractivity contribution in [3.63, 3.8) is 0 Å². The van der Waals surface area contributed by atoms with Crippen molar-refractivity contribution in [1.29, 1.82) is 0 Å². The first kappa shape index (κ1) is 17.4. The van der Waals surface area contributed by atoms with E-state index in [4.69, 9.17) is 0 Å². The van der Waals surface area contributed by atoms with Crippen LogP contribution in [0.3, 0.4) is 0 Å². The highest BCUT2D eigenvalue weighted by Crippen LogP contribution is 2.42. The van der Waals surface area contributed by atoms with Gasteiger partial charge in [0.05, 0.1) is 17.7 Å². The predicted octanol–water partition coefficient (Wildman–Crippen LogP) is 4.01. The predicted molar refractivity (Wildman–Crippen MR) is 101 cm³/mol. The minimum Gasteiger partial charge on any atom is -0.326 e. The van der Waals surface area contributed by atoms with Crippen molar-refractivity contribution >= 4 is 34.5 Å². The molecule has 0 atom stereocenters. The van der Waals surface area contributed by atoms with Crippen LogP contribution in [0.2, 0.25) is 0 Å². The van der Waals surface area contributed by atoms with Crippen molar-refractivity contribution < 1.29 is 9.59 Å². The molecule has 3 rings (SSSR count). The van der Waals surface area contributed by atoms with Gasteiger partial charge in [0.1, 0.15) is 0 Å². The Morgan fingerprint density at radius 2 is 2.20 bits per heavy atom. The van der Waals surface area contributed by atoms with Gasteiger partial charge in [-0.05, 0) is 43.5 Å². The molecular formula is C19H21N3O2S. The van der Waals surface area contributed by atoms with E-state index in [1.54, 1.807) is 16.2 Å². The highest BCUT2D eigenvalue weighted by Gasteiger charge is 2.29. The van der Waals surface area contributed by atoms with E-state index in [-0.39, 0.29) is 11.8 Å². The average molecular weight is 355 g/mol. The van der Waals surface area contributed by atoms with Crippen molar-refractivity contribution in [1.82, 2.24) is 4.98 Å². The number of rotatable bonds is 6. The maximum absolute atomic E-state index is 12.5. The van der Waals surface area contributed by atoms with Crippen LogP contribution in [0.1, 0.15) is 41.8 Å². The average Bonchev–Trinajstić information content (AvgIpc) is 3.32. The second-order valence-corrected chi connectivity index (χ2v) is 7.18. The second kappa shape index (κ2) is 7.19. The number of amides is 2. The van der Waals surface area contributed by atoms with E-state index in [0.717, 1.165) is 21.8 Å². The van der Waals surface area contributed by atoms with E-state index in [0.29, 0.717) is 18.2 Å². The smallest absolute Gasteiger partial charge is 0.250 e. The molecular weight excluding hydrogens is 334 g/mol. The molecule has 0 bridgehead atoms. The lowest BCUT2D eigenvalue weighted by Gasteiger charge is -2.22. The molecule has 0 spiro atoms. The third-order valence-corrected chi connectivity index (χ3v) is 5.06. The lowest BCUT2D eigenvalue weighted by atomic mass is 10.1. The zero-order valence-electron chi connectivity index (χ0n) is 14.4. The van der Waals surface area contributed by atoms with Gasteiger partial charge in [0.2, 0.25) is 5.91 Å². The molecule has 1 saturated carbocycles. The molecule has 1 aliphatic rings. The molecule has 1 aromatic heterocycles. The molecule has 25 heavy (non-hydrogen) atoms.